The smallest absolute Gasteiger partial charge is 0.0138 e. The fourth-order valence-electron chi connectivity index (χ4n) is 1.74. The molecule has 0 saturated carbocycles. The molecule has 0 rings (SSSR count). The van der Waals surface area contributed by atoms with E-state index in [-0.39, 0.29) is 0 Å². The molecule has 0 aromatic rings. The van der Waals surface area contributed by atoms with Gasteiger partial charge in [0.1, 0.15) is 0 Å². The van der Waals surface area contributed by atoms with E-state index in [2.05, 4.69) is 46.7 Å². The zero-order valence-electron chi connectivity index (χ0n) is 8.94. The Kier molecular flexibility index (Phi) is 4.09. The third kappa shape index (κ3) is 3.76. The summed E-state index contributed by atoms with van der Waals surface area (Å²) < 4.78 is 0. The highest BCUT2D eigenvalue weighted by atomic mass is 15.1. The van der Waals surface area contributed by atoms with E-state index < -0.39 is 0 Å². The first-order valence-electron chi connectivity index (χ1n) is 4.56. The second kappa shape index (κ2) is 4.10. The maximum atomic E-state index is 2.34. The highest BCUT2D eigenvalue weighted by Crippen LogP contribution is 2.25. The summed E-state index contributed by atoms with van der Waals surface area (Å²) in [4.78, 5) is 2.34. The van der Waals surface area contributed by atoms with E-state index >= 15 is 0 Å². The molecule has 0 fully saturated rings. The molecule has 11 heavy (non-hydrogen) atoms. The Labute approximate surface area is 71.8 Å². The Morgan fingerprint density at radius 2 is 1.64 bits per heavy atom. The van der Waals surface area contributed by atoms with E-state index in [0.717, 1.165) is 0 Å². The SMILES string of the molecule is CCCC(N(C)C)C(C)(C)C. The van der Waals surface area contributed by atoms with Gasteiger partial charge in [0, 0.05) is 6.04 Å². The van der Waals surface area contributed by atoms with Crippen molar-refractivity contribution in [3.8, 4) is 0 Å². The Bertz CT molecular complexity index is 99.9. The second-order valence-corrected chi connectivity index (χ2v) is 4.63. The molecule has 0 N–H and O–H groups in total. The van der Waals surface area contributed by atoms with Crippen LogP contribution < -0.4 is 0 Å². The van der Waals surface area contributed by atoms with Gasteiger partial charge in [-0.15, -0.1) is 0 Å². The highest BCUT2D eigenvalue weighted by Gasteiger charge is 2.24. The van der Waals surface area contributed by atoms with Crippen LogP contribution in [0.25, 0.3) is 0 Å². The third-order valence-corrected chi connectivity index (χ3v) is 2.19. The monoisotopic (exact) mass is 157 g/mol. The van der Waals surface area contributed by atoms with Crippen LogP contribution in [0, 0.1) is 5.41 Å². The first-order valence-corrected chi connectivity index (χ1v) is 4.56. The van der Waals surface area contributed by atoms with Crippen LogP contribution in [0.15, 0.2) is 0 Å². The van der Waals surface area contributed by atoms with Crippen molar-refractivity contribution in [2.45, 2.75) is 46.6 Å². The van der Waals surface area contributed by atoms with E-state index in [1.807, 2.05) is 0 Å². The largest absolute Gasteiger partial charge is 0.306 e. The standard InChI is InChI=1S/C10H23N/c1-7-8-9(11(5)6)10(2,3)4/h9H,7-8H2,1-6H3. The minimum Gasteiger partial charge on any atom is -0.306 e. The van der Waals surface area contributed by atoms with Crippen LogP contribution in [0.5, 0.6) is 0 Å². The number of nitrogens with zero attached hydrogens (tertiary/aromatic N) is 1. The van der Waals surface area contributed by atoms with Gasteiger partial charge < -0.3 is 4.90 Å². The summed E-state index contributed by atoms with van der Waals surface area (Å²) in [5.74, 6) is 0. The number of hydrogen-bond acceptors (Lipinski definition) is 1. The summed E-state index contributed by atoms with van der Waals surface area (Å²) in [6.45, 7) is 9.19. The van der Waals surface area contributed by atoms with Gasteiger partial charge in [-0.1, -0.05) is 34.1 Å². The van der Waals surface area contributed by atoms with Gasteiger partial charge >= 0.3 is 0 Å². The summed E-state index contributed by atoms with van der Waals surface area (Å²) in [7, 11) is 4.34. The summed E-state index contributed by atoms with van der Waals surface area (Å²) >= 11 is 0. The van der Waals surface area contributed by atoms with Gasteiger partial charge in [0.15, 0.2) is 0 Å². The molecule has 0 spiro atoms. The Morgan fingerprint density at radius 3 is 1.73 bits per heavy atom. The topological polar surface area (TPSA) is 3.24 Å². The normalized spacial score (nSPS) is 15.5. The third-order valence-electron chi connectivity index (χ3n) is 2.19. The van der Waals surface area contributed by atoms with Crippen molar-refractivity contribution in [2.75, 3.05) is 14.1 Å². The molecule has 0 radical (unpaired) electrons. The lowest BCUT2D eigenvalue weighted by Gasteiger charge is -2.35. The first kappa shape index (κ1) is 11.0. The van der Waals surface area contributed by atoms with Crippen molar-refractivity contribution in [3.05, 3.63) is 0 Å². The average Bonchev–Trinajstić information content (AvgIpc) is 1.79. The fourth-order valence-corrected chi connectivity index (χ4v) is 1.74. The summed E-state index contributed by atoms with van der Waals surface area (Å²) in [5.41, 5.74) is 0.416. The van der Waals surface area contributed by atoms with E-state index in [1.165, 1.54) is 12.8 Å². The molecule has 1 unspecified atom stereocenters. The lowest BCUT2D eigenvalue weighted by Crippen LogP contribution is -2.39. The Balaban J connectivity index is 4.10. The molecule has 0 bridgehead atoms. The zero-order chi connectivity index (χ0) is 9.07. The molecule has 68 valence electrons. The van der Waals surface area contributed by atoms with Crippen molar-refractivity contribution >= 4 is 0 Å². The van der Waals surface area contributed by atoms with Crippen molar-refractivity contribution in [1.82, 2.24) is 4.90 Å². The van der Waals surface area contributed by atoms with Crippen LogP contribution in [0.2, 0.25) is 0 Å². The van der Waals surface area contributed by atoms with E-state index in [0.29, 0.717) is 11.5 Å². The number of rotatable bonds is 3. The van der Waals surface area contributed by atoms with Gasteiger partial charge in [0.25, 0.3) is 0 Å². The minimum atomic E-state index is 0.416. The van der Waals surface area contributed by atoms with Gasteiger partial charge in [0.2, 0.25) is 0 Å². The summed E-state index contributed by atoms with van der Waals surface area (Å²) in [5, 5.41) is 0. The maximum Gasteiger partial charge on any atom is 0.0138 e. The molecule has 0 aliphatic carbocycles. The minimum absolute atomic E-state index is 0.416. The van der Waals surface area contributed by atoms with Crippen LogP contribution in [-0.2, 0) is 0 Å². The molecule has 0 aromatic carbocycles. The molecular formula is C10H23N. The molecule has 1 atom stereocenters. The van der Waals surface area contributed by atoms with E-state index in [1.54, 1.807) is 0 Å². The van der Waals surface area contributed by atoms with Crippen molar-refractivity contribution in [3.63, 3.8) is 0 Å². The maximum absolute atomic E-state index is 2.34. The molecule has 0 saturated heterocycles. The van der Waals surface area contributed by atoms with Gasteiger partial charge in [-0.2, -0.15) is 0 Å². The number of hydrogen-bond donors (Lipinski definition) is 0. The molecule has 0 aliphatic heterocycles. The molecule has 0 aromatic heterocycles. The van der Waals surface area contributed by atoms with Gasteiger partial charge in [0.05, 0.1) is 0 Å². The summed E-state index contributed by atoms with van der Waals surface area (Å²) in [6, 6.07) is 0.715. The van der Waals surface area contributed by atoms with Gasteiger partial charge in [-0.25, -0.2) is 0 Å². The highest BCUT2D eigenvalue weighted by molar-refractivity contribution is 4.79. The lowest BCUT2D eigenvalue weighted by molar-refractivity contribution is 0.142. The van der Waals surface area contributed by atoms with E-state index in [4.69, 9.17) is 0 Å². The van der Waals surface area contributed by atoms with Crippen LogP contribution in [-0.4, -0.2) is 25.0 Å². The fraction of sp³-hybridized carbons (Fsp3) is 1.00. The van der Waals surface area contributed by atoms with Crippen LogP contribution in [0.4, 0.5) is 0 Å². The lowest BCUT2D eigenvalue weighted by atomic mass is 9.83. The molecular weight excluding hydrogens is 134 g/mol. The molecule has 1 heteroatoms. The van der Waals surface area contributed by atoms with Crippen molar-refractivity contribution in [2.24, 2.45) is 5.41 Å². The molecule has 0 aliphatic rings. The molecule has 0 heterocycles. The quantitative estimate of drug-likeness (QED) is 0.609. The van der Waals surface area contributed by atoms with Gasteiger partial charge in [-0.3, -0.25) is 0 Å². The van der Waals surface area contributed by atoms with Crippen LogP contribution in [0.1, 0.15) is 40.5 Å². The predicted molar refractivity (Wildman–Crippen MR) is 51.8 cm³/mol. The Hall–Kier alpha value is -0.0400. The van der Waals surface area contributed by atoms with E-state index in [9.17, 15) is 0 Å². The second-order valence-electron chi connectivity index (χ2n) is 4.63. The summed E-state index contributed by atoms with van der Waals surface area (Å²) in [6.07, 6.45) is 2.58. The van der Waals surface area contributed by atoms with Crippen LogP contribution in [0.3, 0.4) is 0 Å². The zero-order valence-corrected chi connectivity index (χ0v) is 8.94. The molecule has 0 amide bonds. The van der Waals surface area contributed by atoms with Crippen molar-refractivity contribution < 1.29 is 0 Å². The average molecular weight is 157 g/mol. The van der Waals surface area contributed by atoms with Gasteiger partial charge in [-0.05, 0) is 25.9 Å². The Morgan fingerprint density at radius 1 is 1.18 bits per heavy atom. The van der Waals surface area contributed by atoms with Crippen LogP contribution >= 0.6 is 0 Å². The first-order chi connectivity index (χ1) is 4.89. The van der Waals surface area contributed by atoms with Crippen molar-refractivity contribution in [1.29, 1.82) is 0 Å². The predicted octanol–water partition coefficient (Wildman–Crippen LogP) is 2.76. The molecule has 1 nitrogen and oxygen atoms in total.